The predicted octanol–water partition coefficient (Wildman–Crippen LogP) is 3.29. The number of para-hydroxylation sites is 1. The van der Waals surface area contributed by atoms with E-state index >= 15 is 0 Å². The highest BCUT2D eigenvalue weighted by atomic mass is 32.1. The first-order valence-corrected chi connectivity index (χ1v) is 8.92. The van der Waals surface area contributed by atoms with Gasteiger partial charge in [0.2, 0.25) is 5.91 Å². The molecule has 8 nitrogen and oxygen atoms in total. The Kier molecular flexibility index (Phi) is 4.43. The third-order valence-electron chi connectivity index (χ3n) is 3.71. The van der Waals surface area contributed by atoms with Gasteiger partial charge in [-0.2, -0.15) is 4.68 Å². The van der Waals surface area contributed by atoms with Crippen molar-refractivity contribution in [1.82, 2.24) is 14.8 Å². The van der Waals surface area contributed by atoms with Gasteiger partial charge in [0, 0.05) is 12.3 Å². The number of hydrogen-bond donors (Lipinski definition) is 0. The first kappa shape index (κ1) is 17.0. The molecule has 136 valence electrons. The van der Waals surface area contributed by atoms with Crippen molar-refractivity contribution in [2.45, 2.75) is 13.5 Å². The maximum Gasteiger partial charge on any atom is 0.437 e. The fourth-order valence-corrected chi connectivity index (χ4v) is 3.41. The Balaban J connectivity index is 1.60. The molecule has 0 radical (unpaired) electrons. The zero-order valence-corrected chi connectivity index (χ0v) is 15.0. The highest BCUT2D eigenvalue weighted by molar-refractivity contribution is 7.14. The summed E-state index contributed by atoms with van der Waals surface area (Å²) in [6.07, 6.45) is 1.47. The van der Waals surface area contributed by atoms with Crippen LogP contribution in [0.5, 0.6) is 0 Å². The monoisotopic (exact) mass is 382 g/mol. The molecule has 0 saturated carbocycles. The molecule has 0 aliphatic heterocycles. The summed E-state index contributed by atoms with van der Waals surface area (Å²) in [4.78, 5) is 30.1. The van der Waals surface area contributed by atoms with Crippen molar-refractivity contribution in [2.75, 3.05) is 4.90 Å². The molecule has 1 amide bonds. The fourth-order valence-electron chi connectivity index (χ4n) is 2.54. The van der Waals surface area contributed by atoms with Gasteiger partial charge in [0.25, 0.3) is 5.89 Å². The van der Waals surface area contributed by atoms with Gasteiger partial charge >= 0.3 is 5.76 Å². The van der Waals surface area contributed by atoms with Crippen LogP contribution in [0.4, 0.5) is 10.8 Å². The van der Waals surface area contributed by atoms with Crippen molar-refractivity contribution in [3.05, 3.63) is 70.4 Å². The highest BCUT2D eigenvalue weighted by Crippen LogP contribution is 2.28. The molecule has 0 saturated heterocycles. The van der Waals surface area contributed by atoms with Crippen LogP contribution in [0.2, 0.25) is 0 Å². The van der Waals surface area contributed by atoms with E-state index < -0.39 is 5.76 Å². The molecule has 0 fully saturated rings. The third kappa shape index (κ3) is 3.44. The average Bonchev–Trinajstić information content (AvgIpc) is 3.39. The lowest BCUT2D eigenvalue weighted by Gasteiger charge is -2.17. The van der Waals surface area contributed by atoms with E-state index in [-0.39, 0.29) is 18.3 Å². The van der Waals surface area contributed by atoms with E-state index in [4.69, 9.17) is 8.83 Å². The first-order chi connectivity index (χ1) is 13.1. The maximum absolute atomic E-state index is 12.1. The number of thiazole rings is 1. The Morgan fingerprint density at radius 3 is 2.74 bits per heavy atom. The van der Waals surface area contributed by atoms with Gasteiger partial charge in [-0.3, -0.25) is 9.69 Å². The van der Waals surface area contributed by atoms with Crippen LogP contribution >= 0.6 is 11.3 Å². The zero-order valence-electron chi connectivity index (χ0n) is 14.2. The van der Waals surface area contributed by atoms with Crippen molar-refractivity contribution in [2.24, 2.45) is 0 Å². The topological polar surface area (TPSA) is 94.4 Å². The van der Waals surface area contributed by atoms with Crippen LogP contribution in [-0.2, 0) is 11.3 Å². The van der Waals surface area contributed by atoms with Crippen molar-refractivity contribution in [1.29, 1.82) is 0 Å². The Morgan fingerprint density at radius 2 is 2.04 bits per heavy atom. The third-order valence-corrected chi connectivity index (χ3v) is 4.58. The average molecular weight is 382 g/mol. The Labute approximate surface area is 157 Å². The second-order valence-corrected chi connectivity index (χ2v) is 6.46. The summed E-state index contributed by atoms with van der Waals surface area (Å²) in [5.74, 6) is -0.282. The smallest absolute Gasteiger partial charge is 0.437 e. The Bertz CT molecular complexity index is 1110. The van der Waals surface area contributed by atoms with Gasteiger partial charge in [0.15, 0.2) is 10.9 Å². The van der Waals surface area contributed by atoms with Crippen LogP contribution < -0.4 is 10.7 Å². The van der Waals surface area contributed by atoms with Gasteiger partial charge in [-0.15, -0.1) is 16.4 Å². The molecule has 0 aliphatic carbocycles. The van der Waals surface area contributed by atoms with Crippen LogP contribution in [-0.4, -0.2) is 20.7 Å². The van der Waals surface area contributed by atoms with Gasteiger partial charge in [0.1, 0.15) is 0 Å². The number of aromatic nitrogens is 3. The number of rotatable bonds is 5. The molecule has 3 aromatic heterocycles. The number of nitrogens with zero attached hydrogens (tertiary/aromatic N) is 4. The lowest BCUT2D eigenvalue weighted by molar-refractivity contribution is -0.115. The van der Waals surface area contributed by atoms with Crippen LogP contribution in [0.25, 0.3) is 11.7 Å². The first-order valence-electron chi connectivity index (χ1n) is 8.04. The lowest BCUT2D eigenvalue weighted by atomic mass is 10.3. The van der Waals surface area contributed by atoms with Gasteiger partial charge in [-0.25, -0.2) is 9.78 Å². The number of furan rings is 1. The van der Waals surface area contributed by atoms with Gasteiger partial charge in [-0.05, 0) is 24.3 Å². The number of carbonyl (C=O) groups is 1. The van der Waals surface area contributed by atoms with Crippen molar-refractivity contribution in [3.8, 4) is 11.7 Å². The molecule has 3 heterocycles. The molecule has 9 heteroatoms. The van der Waals surface area contributed by atoms with Crippen molar-refractivity contribution in [3.63, 3.8) is 0 Å². The minimum absolute atomic E-state index is 0.107. The second-order valence-electron chi connectivity index (χ2n) is 5.62. The van der Waals surface area contributed by atoms with Crippen LogP contribution in [0.1, 0.15) is 12.6 Å². The molecule has 0 aliphatic rings. The number of amides is 1. The highest BCUT2D eigenvalue weighted by Gasteiger charge is 2.19. The standard InChI is InChI=1S/C18H14N4O4S/c1-12(23)22(14-6-3-2-4-7-14)17-19-13(11-27-17)10-21-18(24)26-16(20-21)15-8-5-9-25-15/h2-9,11H,10H2,1H3. The van der Waals surface area contributed by atoms with E-state index in [1.165, 1.54) is 29.4 Å². The quantitative estimate of drug-likeness (QED) is 0.526. The molecule has 4 aromatic rings. The summed E-state index contributed by atoms with van der Waals surface area (Å²) in [5.41, 5.74) is 1.32. The summed E-state index contributed by atoms with van der Waals surface area (Å²) in [6, 6.07) is 12.6. The summed E-state index contributed by atoms with van der Waals surface area (Å²) < 4.78 is 11.5. The fraction of sp³-hybridized carbons (Fsp3) is 0.111. The molecule has 1 aromatic carbocycles. The van der Waals surface area contributed by atoms with Crippen LogP contribution in [0.3, 0.4) is 0 Å². The van der Waals surface area contributed by atoms with E-state index in [0.717, 1.165) is 10.4 Å². The summed E-state index contributed by atoms with van der Waals surface area (Å²) in [5, 5.41) is 6.42. The predicted molar refractivity (Wildman–Crippen MR) is 98.9 cm³/mol. The van der Waals surface area contributed by atoms with Gasteiger partial charge < -0.3 is 8.83 Å². The normalized spacial score (nSPS) is 10.9. The number of benzene rings is 1. The lowest BCUT2D eigenvalue weighted by Crippen LogP contribution is -2.22. The van der Waals surface area contributed by atoms with Crippen LogP contribution in [0, 0.1) is 0 Å². The summed E-state index contributed by atoms with van der Waals surface area (Å²) >= 11 is 1.31. The van der Waals surface area contributed by atoms with Crippen molar-refractivity contribution < 1.29 is 13.6 Å². The molecular weight excluding hydrogens is 368 g/mol. The van der Waals surface area contributed by atoms with E-state index in [0.29, 0.717) is 16.6 Å². The zero-order chi connectivity index (χ0) is 18.8. The van der Waals surface area contributed by atoms with E-state index in [2.05, 4.69) is 10.1 Å². The summed E-state index contributed by atoms with van der Waals surface area (Å²) in [6.45, 7) is 1.60. The molecule has 0 unspecified atom stereocenters. The second kappa shape index (κ2) is 7.04. The van der Waals surface area contributed by atoms with Gasteiger partial charge in [0.05, 0.1) is 24.2 Å². The Hall–Kier alpha value is -3.46. The SMILES string of the molecule is CC(=O)N(c1ccccc1)c1nc(Cn2nc(-c3ccco3)oc2=O)cs1. The van der Waals surface area contributed by atoms with Gasteiger partial charge in [-0.1, -0.05) is 18.2 Å². The van der Waals surface area contributed by atoms with E-state index in [9.17, 15) is 9.59 Å². The molecular formula is C18H14N4O4S. The van der Waals surface area contributed by atoms with E-state index in [1.54, 1.807) is 17.5 Å². The largest absolute Gasteiger partial charge is 0.459 e. The van der Waals surface area contributed by atoms with Crippen molar-refractivity contribution >= 4 is 28.1 Å². The molecule has 0 N–H and O–H groups in total. The number of anilines is 2. The molecule has 0 bridgehead atoms. The Morgan fingerprint density at radius 1 is 1.22 bits per heavy atom. The maximum atomic E-state index is 12.1. The minimum atomic E-state index is -0.609. The number of carbonyl (C=O) groups excluding carboxylic acids is 1. The van der Waals surface area contributed by atoms with Crippen LogP contribution in [0.15, 0.2) is 67.7 Å². The minimum Gasteiger partial charge on any atom is -0.459 e. The molecule has 0 atom stereocenters. The van der Waals surface area contributed by atoms with E-state index in [1.807, 2.05) is 30.3 Å². The summed E-state index contributed by atoms with van der Waals surface area (Å²) in [7, 11) is 0. The molecule has 27 heavy (non-hydrogen) atoms. The molecule has 4 rings (SSSR count). The molecule has 0 spiro atoms. The number of hydrogen-bond acceptors (Lipinski definition) is 7.